The molecule has 0 amide bonds. The van der Waals surface area contributed by atoms with Crippen molar-refractivity contribution in [1.29, 1.82) is 0 Å². The molecule has 8 nitrogen and oxygen atoms in total. The molecule has 1 aliphatic carbocycles. The average Bonchev–Trinajstić information content (AvgIpc) is 2.37. The van der Waals surface area contributed by atoms with Gasteiger partial charge in [-0.1, -0.05) is 33.9 Å². The van der Waals surface area contributed by atoms with Crippen molar-refractivity contribution in [3.63, 3.8) is 0 Å². The van der Waals surface area contributed by atoms with Crippen LogP contribution in [0.15, 0.2) is 0 Å². The predicted octanol–water partition coefficient (Wildman–Crippen LogP) is -2.12. The summed E-state index contributed by atoms with van der Waals surface area (Å²) >= 11 is 0. The first-order valence-electron chi connectivity index (χ1n) is 7.15. The highest BCUT2D eigenvalue weighted by Crippen LogP contribution is 2.49. The Hall–Kier alpha value is -0.103. The van der Waals surface area contributed by atoms with Crippen LogP contribution in [0.2, 0.25) is 18.1 Å². The Morgan fingerprint density at radius 3 is 1.77 bits per heavy atom. The van der Waals surface area contributed by atoms with Gasteiger partial charge in [-0.15, -0.1) is 0 Å². The van der Waals surface area contributed by atoms with E-state index in [1.165, 1.54) is 0 Å². The van der Waals surface area contributed by atoms with Crippen molar-refractivity contribution in [2.75, 3.05) is 0 Å². The van der Waals surface area contributed by atoms with E-state index in [0.717, 1.165) is 0 Å². The summed E-state index contributed by atoms with van der Waals surface area (Å²) in [6.45, 7) is 6.65. The molecule has 132 valence electrons. The van der Waals surface area contributed by atoms with Crippen LogP contribution in [0.5, 0.6) is 0 Å². The summed E-state index contributed by atoms with van der Waals surface area (Å²) in [6.07, 6.45) is -8.84. The number of hydrogen-bond acceptors (Lipinski definition) is 8. The summed E-state index contributed by atoms with van der Waals surface area (Å²) in [5, 5.41) is 67.0. The molecule has 6 unspecified atom stereocenters. The van der Waals surface area contributed by atoms with E-state index in [0.29, 0.717) is 0 Å². The Bertz CT molecular complexity index is 396. The molecule has 0 aromatic rings. The van der Waals surface area contributed by atoms with Crippen LogP contribution in [0.3, 0.4) is 0 Å². The van der Waals surface area contributed by atoms with Gasteiger partial charge in [0.05, 0.1) is 8.07 Å². The third-order valence-corrected chi connectivity index (χ3v) is 11.7. The summed E-state index contributed by atoms with van der Waals surface area (Å²) in [5.74, 6) is 0. The molecule has 0 bridgehead atoms. The highest BCUT2D eigenvalue weighted by atomic mass is 28.3. The fourth-order valence-corrected chi connectivity index (χ4v) is 5.96. The third-order valence-electron chi connectivity index (χ3n) is 5.36. The van der Waals surface area contributed by atoms with Crippen LogP contribution in [0.4, 0.5) is 0 Å². The number of aliphatic hydroxyl groups is 7. The van der Waals surface area contributed by atoms with Crippen molar-refractivity contribution < 1.29 is 40.5 Å². The summed E-state index contributed by atoms with van der Waals surface area (Å²) in [4.78, 5) is 0. The van der Waals surface area contributed by atoms with E-state index in [9.17, 15) is 25.5 Å². The van der Waals surface area contributed by atoms with Gasteiger partial charge in [0.15, 0.2) is 0 Å². The normalized spacial score (nSPS) is 41.0. The van der Waals surface area contributed by atoms with Crippen molar-refractivity contribution in [1.82, 2.24) is 0 Å². The Balaban J connectivity index is 3.46. The molecule has 1 aliphatic rings. The topological polar surface area (TPSA) is 151 Å². The van der Waals surface area contributed by atoms with E-state index < -0.39 is 55.3 Å². The van der Waals surface area contributed by atoms with Gasteiger partial charge in [-0.3, -0.25) is 0 Å². The molecule has 1 rings (SSSR count). The molecule has 1 saturated carbocycles. The molecule has 9 heteroatoms. The lowest BCUT2D eigenvalue weighted by molar-refractivity contribution is -0.327. The fourth-order valence-electron chi connectivity index (χ4n) is 2.90. The molecule has 0 aromatic carbocycles. The van der Waals surface area contributed by atoms with E-state index in [1.54, 1.807) is 13.1 Å². The predicted molar refractivity (Wildman–Crippen MR) is 79.3 cm³/mol. The number of rotatable bonds is 3. The maximum absolute atomic E-state index is 11.2. The maximum Gasteiger partial charge on any atom is 0.266 e. The summed E-state index contributed by atoms with van der Waals surface area (Å²) in [7, 11) is -2.91. The summed E-state index contributed by atoms with van der Waals surface area (Å²) in [6, 6.07) is 0. The SMILES string of the molecule is CC(C)(C)[Si](C)(C)C1(O)C(O)C(O)C(O)C(O)C1OC(O)O. The van der Waals surface area contributed by atoms with Gasteiger partial charge in [0, 0.05) is 0 Å². The lowest BCUT2D eigenvalue weighted by Crippen LogP contribution is -2.81. The van der Waals surface area contributed by atoms with E-state index in [4.69, 9.17) is 14.9 Å². The van der Waals surface area contributed by atoms with Crippen LogP contribution < -0.4 is 0 Å². The second-order valence-corrected chi connectivity index (χ2v) is 13.1. The van der Waals surface area contributed by atoms with Crippen LogP contribution in [-0.4, -0.2) is 86.0 Å². The van der Waals surface area contributed by atoms with E-state index in [1.807, 2.05) is 20.8 Å². The van der Waals surface area contributed by atoms with Crippen LogP contribution in [0, 0.1) is 0 Å². The van der Waals surface area contributed by atoms with Crippen molar-refractivity contribution in [3.05, 3.63) is 0 Å². The second-order valence-electron chi connectivity index (χ2n) is 7.50. The quantitative estimate of drug-likeness (QED) is 0.227. The van der Waals surface area contributed by atoms with E-state index >= 15 is 0 Å². The molecule has 22 heavy (non-hydrogen) atoms. The molecule has 0 heterocycles. The van der Waals surface area contributed by atoms with Crippen molar-refractivity contribution in [2.45, 2.75) is 81.1 Å². The van der Waals surface area contributed by atoms with E-state index in [-0.39, 0.29) is 0 Å². The van der Waals surface area contributed by atoms with Crippen molar-refractivity contribution in [3.8, 4) is 0 Å². The molecule has 6 atom stereocenters. The van der Waals surface area contributed by atoms with Gasteiger partial charge in [-0.2, -0.15) is 0 Å². The molecular formula is C13H28O8Si. The Morgan fingerprint density at radius 1 is 0.955 bits per heavy atom. The van der Waals surface area contributed by atoms with Gasteiger partial charge < -0.3 is 40.5 Å². The van der Waals surface area contributed by atoms with Gasteiger partial charge in [-0.05, 0) is 5.04 Å². The molecule has 0 spiro atoms. The van der Waals surface area contributed by atoms with Gasteiger partial charge >= 0.3 is 0 Å². The van der Waals surface area contributed by atoms with Crippen LogP contribution in [0.25, 0.3) is 0 Å². The monoisotopic (exact) mass is 340 g/mol. The van der Waals surface area contributed by atoms with Crippen LogP contribution in [-0.2, 0) is 4.74 Å². The number of ether oxygens (including phenoxy) is 1. The minimum Gasteiger partial charge on any atom is -0.388 e. The zero-order chi connectivity index (χ0) is 17.7. The van der Waals surface area contributed by atoms with Crippen LogP contribution in [0.1, 0.15) is 20.8 Å². The number of hydrogen-bond donors (Lipinski definition) is 7. The second kappa shape index (κ2) is 6.08. The van der Waals surface area contributed by atoms with E-state index in [2.05, 4.69) is 0 Å². The van der Waals surface area contributed by atoms with Gasteiger partial charge in [0.2, 0.25) is 0 Å². The first kappa shape index (κ1) is 19.9. The van der Waals surface area contributed by atoms with Gasteiger partial charge in [-0.25, -0.2) is 0 Å². The largest absolute Gasteiger partial charge is 0.388 e. The minimum absolute atomic E-state index is 0.494. The van der Waals surface area contributed by atoms with Crippen molar-refractivity contribution >= 4 is 8.07 Å². The molecule has 7 N–H and O–H groups in total. The summed E-state index contributed by atoms with van der Waals surface area (Å²) in [5.41, 5.74) is 0. The average molecular weight is 340 g/mol. The molecule has 0 aliphatic heterocycles. The van der Waals surface area contributed by atoms with Crippen LogP contribution >= 0.6 is 0 Å². The molecule has 0 aromatic heterocycles. The van der Waals surface area contributed by atoms with Gasteiger partial charge in [0.25, 0.3) is 6.48 Å². The molecular weight excluding hydrogens is 312 g/mol. The smallest absolute Gasteiger partial charge is 0.266 e. The zero-order valence-electron chi connectivity index (χ0n) is 13.5. The molecule has 0 radical (unpaired) electrons. The molecule has 1 fully saturated rings. The minimum atomic E-state index is -2.91. The maximum atomic E-state index is 11.2. The standard InChI is InChI=1S/C13H28O8Si/c1-12(2,3)22(4,5)13(20)9(17)7(15)6(14)8(16)10(13)21-11(18)19/h6-11,14-20H,1-5H3. The number of aliphatic hydroxyl groups excluding tert-OH is 5. The Morgan fingerprint density at radius 2 is 1.41 bits per heavy atom. The molecule has 0 saturated heterocycles. The lowest BCUT2D eigenvalue weighted by Gasteiger charge is -2.59. The summed E-state index contributed by atoms with van der Waals surface area (Å²) < 4.78 is 4.80. The van der Waals surface area contributed by atoms with Gasteiger partial charge in [0.1, 0.15) is 35.7 Å². The highest BCUT2D eigenvalue weighted by Gasteiger charge is 2.68. The zero-order valence-corrected chi connectivity index (χ0v) is 14.5. The first-order chi connectivity index (χ1) is 9.69. The Labute approximate surface area is 130 Å². The first-order valence-corrected chi connectivity index (χ1v) is 10.2. The third kappa shape index (κ3) is 2.85. The van der Waals surface area contributed by atoms with Crippen molar-refractivity contribution in [2.24, 2.45) is 0 Å². The Kier molecular flexibility index (Phi) is 5.51. The highest BCUT2D eigenvalue weighted by molar-refractivity contribution is 6.83. The fraction of sp³-hybridized carbons (Fsp3) is 1.00. The lowest BCUT2D eigenvalue weighted by atomic mass is 9.84.